The molecule has 0 bridgehead atoms. The fourth-order valence-corrected chi connectivity index (χ4v) is 4.35. The van der Waals surface area contributed by atoms with Crippen molar-refractivity contribution in [2.24, 2.45) is 11.8 Å². The molecule has 2 aromatic heterocycles. The van der Waals surface area contributed by atoms with Gasteiger partial charge in [-0.2, -0.15) is 9.61 Å². The van der Waals surface area contributed by atoms with Crippen LogP contribution in [-0.2, 0) is 11.3 Å². The highest BCUT2D eigenvalue weighted by molar-refractivity contribution is 5.97. The van der Waals surface area contributed by atoms with E-state index in [9.17, 15) is 24.6 Å². The Morgan fingerprint density at radius 2 is 2.00 bits per heavy atom. The lowest BCUT2D eigenvalue weighted by atomic mass is 9.90. The summed E-state index contributed by atoms with van der Waals surface area (Å²) < 4.78 is 2.61. The van der Waals surface area contributed by atoms with Crippen molar-refractivity contribution < 1.29 is 19.8 Å². The summed E-state index contributed by atoms with van der Waals surface area (Å²) >= 11 is 0. The maximum absolute atomic E-state index is 13.1. The number of carbonyl (C=O) groups excluding carboxylic acids is 2. The summed E-state index contributed by atoms with van der Waals surface area (Å²) in [5.74, 6) is -1.10. The van der Waals surface area contributed by atoms with Gasteiger partial charge < -0.3 is 20.4 Å². The molecule has 3 N–H and O–H groups in total. The van der Waals surface area contributed by atoms with Crippen molar-refractivity contribution in [3.8, 4) is 5.88 Å². The fourth-order valence-electron chi connectivity index (χ4n) is 4.35. The topological polar surface area (TPSA) is 129 Å². The molecular weight excluding hydrogens is 438 g/mol. The monoisotopic (exact) mass is 471 g/mol. The van der Waals surface area contributed by atoms with Crippen LogP contribution >= 0.6 is 0 Å². The summed E-state index contributed by atoms with van der Waals surface area (Å²) in [7, 11) is 0. The van der Waals surface area contributed by atoms with Gasteiger partial charge in [0.1, 0.15) is 5.65 Å². The highest BCUT2D eigenvalue weighted by Gasteiger charge is 2.35. The molecule has 184 valence electrons. The summed E-state index contributed by atoms with van der Waals surface area (Å²) in [6.07, 6.45) is 6.87. The predicted octanol–water partition coefficient (Wildman–Crippen LogP) is 1.38. The van der Waals surface area contributed by atoms with Crippen LogP contribution in [0.15, 0.2) is 17.1 Å². The number of carbonyl (C=O) groups is 2. The first-order valence-corrected chi connectivity index (χ1v) is 11.8. The van der Waals surface area contributed by atoms with Gasteiger partial charge >= 0.3 is 0 Å². The molecule has 1 aliphatic carbocycles. The molecule has 2 aromatic rings. The molecular formula is C24H33N5O5. The van der Waals surface area contributed by atoms with Gasteiger partial charge in [0.15, 0.2) is 5.56 Å². The molecule has 1 aliphatic heterocycles. The van der Waals surface area contributed by atoms with Gasteiger partial charge in [-0.15, -0.1) is 0 Å². The predicted molar refractivity (Wildman–Crippen MR) is 126 cm³/mol. The smallest absolute Gasteiger partial charge is 0.291 e. The average molecular weight is 472 g/mol. The van der Waals surface area contributed by atoms with Crippen LogP contribution in [0.5, 0.6) is 5.88 Å². The van der Waals surface area contributed by atoms with E-state index in [2.05, 4.69) is 10.4 Å². The van der Waals surface area contributed by atoms with E-state index in [-0.39, 0.29) is 29.3 Å². The van der Waals surface area contributed by atoms with Crippen molar-refractivity contribution in [3.05, 3.63) is 33.8 Å². The van der Waals surface area contributed by atoms with Crippen molar-refractivity contribution in [2.45, 2.75) is 65.1 Å². The van der Waals surface area contributed by atoms with Crippen LogP contribution in [0, 0.1) is 11.8 Å². The van der Waals surface area contributed by atoms with E-state index >= 15 is 0 Å². The molecule has 0 radical (unpaired) electrons. The third-order valence-corrected chi connectivity index (χ3v) is 6.50. The number of amides is 2. The summed E-state index contributed by atoms with van der Waals surface area (Å²) in [5, 5.41) is 28.1. The van der Waals surface area contributed by atoms with Crippen LogP contribution in [-0.4, -0.2) is 65.8 Å². The second kappa shape index (κ2) is 8.90. The quantitative estimate of drug-likeness (QED) is 0.523. The zero-order valence-electron chi connectivity index (χ0n) is 20.1. The van der Waals surface area contributed by atoms with Gasteiger partial charge in [0, 0.05) is 43.2 Å². The number of fused-ring (bicyclic) bond motifs is 1. The summed E-state index contributed by atoms with van der Waals surface area (Å²) in [6, 6.07) is 0.0317. The lowest BCUT2D eigenvalue weighted by Crippen LogP contribution is -2.35. The zero-order chi connectivity index (χ0) is 24.8. The fraction of sp³-hybridized carbons (Fsp3) is 0.583. The second-order valence-electron chi connectivity index (χ2n) is 10.3. The molecule has 10 heteroatoms. The van der Waals surface area contributed by atoms with Crippen LogP contribution in [0.2, 0.25) is 0 Å². The molecule has 1 atom stereocenters. The van der Waals surface area contributed by atoms with E-state index in [0.717, 1.165) is 23.8 Å². The standard InChI is InChI=1S/C24H33N5O5/c1-14(2)12-28-21-15(5-8-18(30)27-10-9-16(13-27)24(3,4)34)11-25-29(21)23(33)19(22(28)32)20(31)26-17-6-7-17/h5,8,11,14,16-17,32,34H,6-7,9-10,12-13H2,1-4H3,(H,26,31)/b8-5+/t16-/m1/s1. The lowest BCUT2D eigenvalue weighted by Gasteiger charge is -2.25. The van der Waals surface area contributed by atoms with Gasteiger partial charge in [0.25, 0.3) is 11.5 Å². The molecule has 2 amide bonds. The number of hydrogen-bond acceptors (Lipinski definition) is 6. The number of likely N-dealkylation sites (tertiary alicyclic amines) is 1. The van der Waals surface area contributed by atoms with Gasteiger partial charge in [0.2, 0.25) is 11.8 Å². The Morgan fingerprint density at radius 3 is 2.59 bits per heavy atom. The van der Waals surface area contributed by atoms with Crippen molar-refractivity contribution >= 4 is 23.5 Å². The van der Waals surface area contributed by atoms with Crippen LogP contribution in [0.4, 0.5) is 0 Å². The molecule has 2 fully saturated rings. The van der Waals surface area contributed by atoms with Crippen molar-refractivity contribution in [1.82, 2.24) is 24.4 Å². The number of nitrogens with zero attached hydrogens (tertiary/aromatic N) is 4. The maximum Gasteiger partial charge on any atom is 0.291 e. The Bertz CT molecular complexity index is 1200. The minimum Gasteiger partial charge on any atom is -0.494 e. The van der Waals surface area contributed by atoms with E-state index in [4.69, 9.17) is 0 Å². The van der Waals surface area contributed by atoms with E-state index in [1.807, 2.05) is 13.8 Å². The molecule has 4 rings (SSSR count). The molecule has 0 spiro atoms. The van der Waals surface area contributed by atoms with Gasteiger partial charge in [-0.1, -0.05) is 13.8 Å². The lowest BCUT2D eigenvalue weighted by molar-refractivity contribution is -0.125. The zero-order valence-corrected chi connectivity index (χ0v) is 20.1. The Hall–Kier alpha value is -3.14. The highest BCUT2D eigenvalue weighted by atomic mass is 16.3. The van der Waals surface area contributed by atoms with Crippen LogP contribution in [0.25, 0.3) is 11.7 Å². The number of aromatic nitrogens is 3. The number of aliphatic hydroxyl groups is 1. The van der Waals surface area contributed by atoms with Gasteiger partial charge in [-0.3, -0.25) is 19.0 Å². The third kappa shape index (κ3) is 4.72. The Labute approximate surface area is 197 Å². The summed E-state index contributed by atoms with van der Waals surface area (Å²) in [6.45, 7) is 8.80. The molecule has 1 saturated heterocycles. The first-order valence-electron chi connectivity index (χ1n) is 11.8. The molecule has 3 heterocycles. The second-order valence-corrected chi connectivity index (χ2v) is 10.3. The van der Waals surface area contributed by atoms with Crippen molar-refractivity contribution in [3.63, 3.8) is 0 Å². The summed E-state index contributed by atoms with van der Waals surface area (Å²) in [4.78, 5) is 40.2. The first-order chi connectivity index (χ1) is 16.0. The SMILES string of the molecule is CC(C)Cn1c(O)c(C(=O)NC2CC2)c(=O)n2ncc(/C=C/C(=O)N3CC[C@@H](C(C)(C)O)C3)c12. The minimum atomic E-state index is -0.852. The normalized spacial score (nSPS) is 19.0. The molecule has 34 heavy (non-hydrogen) atoms. The average Bonchev–Trinajstić information content (AvgIpc) is 3.25. The van der Waals surface area contributed by atoms with Crippen molar-refractivity contribution in [1.29, 1.82) is 0 Å². The molecule has 0 aromatic carbocycles. The molecule has 10 nitrogen and oxygen atoms in total. The number of rotatable bonds is 7. The molecule has 0 unspecified atom stereocenters. The molecule has 1 saturated carbocycles. The largest absolute Gasteiger partial charge is 0.494 e. The van der Waals surface area contributed by atoms with E-state index in [1.165, 1.54) is 16.8 Å². The number of nitrogens with one attached hydrogen (secondary N) is 1. The minimum absolute atomic E-state index is 0.00945. The van der Waals surface area contributed by atoms with E-state index < -0.39 is 22.9 Å². The van der Waals surface area contributed by atoms with Crippen LogP contribution in [0.3, 0.4) is 0 Å². The van der Waals surface area contributed by atoms with E-state index in [1.54, 1.807) is 24.8 Å². The summed E-state index contributed by atoms with van der Waals surface area (Å²) in [5.41, 5.74) is -1.09. The Morgan fingerprint density at radius 1 is 1.29 bits per heavy atom. The van der Waals surface area contributed by atoms with Crippen LogP contribution in [0.1, 0.15) is 62.9 Å². The Balaban J connectivity index is 1.68. The van der Waals surface area contributed by atoms with Gasteiger partial charge in [-0.25, -0.2) is 0 Å². The van der Waals surface area contributed by atoms with Crippen molar-refractivity contribution in [2.75, 3.05) is 13.1 Å². The van der Waals surface area contributed by atoms with E-state index in [0.29, 0.717) is 30.8 Å². The van der Waals surface area contributed by atoms with Gasteiger partial charge in [-0.05, 0) is 45.1 Å². The molecule has 2 aliphatic rings. The van der Waals surface area contributed by atoms with Crippen LogP contribution < -0.4 is 10.9 Å². The number of aromatic hydroxyl groups is 1. The maximum atomic E-state index is 13.1. The first kappa shape index (κ1) is 24.0. The number of hydrogen-bond donors (Lipinski definition) is 3. The third-order valence-electron chi connectivity index (χ3n) is 6.50. The van der Waals surface area contributed by atoms with Gasteiger partial charge in [0.05, 0.1) is 11.8 Å². The highest BCUT2D eigenvalue weighted by Crippen LogP contribution is 2.28. The Kier molecular flexibility index (Phi) is 6.28.